The Morgan fingerprint density at radius 1 is 0.688 bits per heavy atom. The molecule has 5 aromatic rings. The number of halogens is 4. The van der Waals surface area contributed by atoms with Gasteiger partial charge in [0.15, 0.2) is 5.60 Å². The number of allylic oxidation sites excluding steroid dienone is 3. The van der Waals surface area contributed by atoms with Crippen molar-refractivity contribution in [3.05, 3.63) is 160 Å². The molecule has 0 amide bonds. The number of esters is 1. The first kappa shape index (κ1) is 43.9. The lowest BCUT2D eigenvalue weighted by Crippen LogP contribution is -2.34. The zero-order valence-corrected chi connectivity index (χ0v) is 39.0. The smallest absolute Gasteiger partial charge is 0.341 e. The van der Waals surface area contributed by atoms with Crippen molar-refractivity contribution >= 4 is 92.7 Å². The van der Waals surface area contributed by atoms with E-state index < -0.39 is 11.6 Å². The molecule has 1 unspecified atom stereocenters. The molecule has 4 aliphatic heterocycles. The van der Waals surface area contributed by atoms with Crippen LogP contribution in [0.4, 0.5) is 11.4 Å². The zero-order valence-electron chi connectivity index (χ0n) is 35.2. The van der Waals surface area contributed by atoms with Crippen molar-refractivity contribution < 1.29 is 14.3 Å². The van der Waals surface area contributed by atoms with Gasteiger partial charge in [-0.05, 0) is 90.9 Å². The number of thioether (sulfide) groups is 1. The van der Waals surface area contributed by atoms with Crippen LogP contribution in [-0.2, 0) is 23.2 Å². The summed E-state index contributed by atoms with van der Waals surface area (Å²) in [5.74, 6) is -0.0496. The second-order valence-corrected chi connectivity index (χ2v) is 18.9. The number of hydrogen-bond acceptors (Lipinski definition) is 8. The van der Waals surface area contributed by atoms with Gasteiger partial charge in [-0.25, -0.2) is 4.79 Å². The quantitative estimate of drug-likeness (QED) is 0.0419. The number of rotatable bonds is 12. The van der Waals surface area contributed by atoms with Crippen LogP contribution < -0.4 is 15.4 Å². The van der Waals surface area contributed by atoms with Crippen LogP contribution in [0.5, 0.6) is 11.5 Å². The molecule has 5 aromatic carbocycles. The van der Waals surface area contributed by atoms with Crippen LogP contribution in [0.3, 0.4) is 0 Å². The standard InChI is InChI=1S/C52H42Cl4N4O3S/c1-3-5-7-9-16-30-23-36-41(25-32(30)34(27-57)39-22-21-29-15-11-12-18-38(29)59-39)62-42-26-33(35(28-58)50-60-40-19-13-14-20-43(40)64-50)31(17-10-8-6-4-2)24-37(42)52(36)45-44(51(61)63-52)46(53)48(55)49(56)47(45)54/h11-15,18-26,59-60H,3-10,16-17H2,1-2H3/b39-34+,50-35-. The van der Waals surface area contributed by atoms with Crippen LogP contribution in [0.25, 0.3) is 17.2 Å². The molecule has 322 valence electrons. The Balaban J connectivity index is 1.32. The van der Waals surface area contributed by atoms with Crippen molar-refractivity contribution in [2.75, 3.05) is 10.6 Å². The van der Waals surface area contributed by atoms with Crippen LogP contribution in [0, 0.1) is 22.7 Å². The second kappa shape index (κ2) is 18.3. The number of carbonyl (C=O) groups is 1. The largest absolute Gasteiger partial charge is 0.456 e. The minimum atomic E-state index is -1.71. The minimum Gasteiger partial charge on any atom is -0.456 e. The Kier molecular flexibility index (Phi) is 12.5. The lowest BCUT2D eigenvalue weighted by atomic mass is 9.74. The molecule has 2 N–H and O–H groups in total. The number of benzene rings is 5. The highest BCUT2D eigenvalue weighted by Crippen LogP contribution is 2.62. The SMILES string of the molecule is CCCCCCc1cc2c(cc1/C(C#N)=C1\C=Cc3ccccc3N1)Oc1cc(/C(C#N)=C3/Nc4ccccc4S3)c(CCCCCC)cc1C21OC(=O)c2c(Cl)c(Cl)c(Cl)c(Cl)c21. The van der Waals surface area contributed by atoms with Crippen molar-refractivity contribution in [2.24, 2.45) is 0 Å². The Labute approximate surface area is 397 Å². The summed E-state index contributed by atoms with van der Waals surface area (Å²) in [4.78, 5) is 15.5. The molecule has 64 heavy (non-hydrogen) atoms. The summed E-state index contributed by atoms with van der Waals surface area (Å²) in [5, 5.41) is 29.5. The predicted octanol–water partition coefficient (Wildman–Crippen LogP) is 15.9. The van der Waals surface area contributed by atoms with Gasteiger partial charge in [0.25, 0.3) is 0 Å². The number of aryl methyl sites for hydroxylation is 2. The summed E-state index contributed by atoms with van der Waals surface area (Å²) in [6, 6.07) is 28.6. The summed E-state index contributed by atoms with van der Waals surface area (Å²) in [6.45, 7) is 4.33. The van der Waals surface area contributed by atoms with Gasteiger partial charge in [-0.15, -0.1) is 0 Å². The summed E-state index contributed by atoms with van der Waals surface area (Å²) in [7, 11) is 0. The molecule has 1 spiro atoms. The van der Waals surface area contributed by atoms with Gasteiger partial charge < -0.3 is 20.1 Å². The summed E-state index contributed by atoms with van der Waals surface area (Å²) >= 11 is 29.2. The molecule has 4 heterocycles. The van der Waals surface area contributed by atoms with E-state index in [2.05, 4.69) is 36.6 Å². The van der Waals surface area contributed by atoms with Crippen LogP contribution >= 0.6 is 58.2 Å². The molecule has 4 aliphatic rings. The maximum Gasteiger partial charge on any atom is 0.341 e. The Morgan fingerprint density at radius 3 is 1.91 bits per heavy atom. The molecular weight excluding hydrogens is 902 g/mol. The van der Waals surface area contributed by atoms with Crippen molar-refractivity contribution in [3.8, 4) is 23.6 Å². The molecule has 0 radical (unpaired) electrons. The number of anilines is 2. The third kappa shape index (κ3) is 7.54. The van der Waals surface area contributed by atoms with E-state index in [1.165, 1.54) is 11.8 Å². The number of unbranched alkanes of at least 4 members (excludes halogenated alkanes) is 6. The van der Waals surface area contributed by atoms with Gasteiger partial charge in [0.1, 0.15) is 23.6 Å². The maximum atomic E-state index is 14.4. The first-order chi connectivity index (χ1) is 31.1. The number of nitriles is 2. The van der Waals surface area contributed by atoms with Crippen molar-refractivity contribution in [2.45, 2.75) is 88.6 Å². The fourth-order valence-electron chi connectivity index (χ4n) is 9.16. The van der Waals surface area contributed by atoms with Crippen LogP contribution in [-0.4, -0.2) is 5.97 Å². The van der Waals surface area contributed by atoms with Gasteiger partial charge in [0.05, 0.1) is 53.2 Å². The first-order valence-electron chi connectivity index (χ1n) is 21.6. The van der Waals surface area contributed by atoms with Crippen LogP contribution in [0.1, 0.15) is 120 Å². The van der Waals surface area contributed by atoms with E-state index >= 15 is 0 Å². The Bertz CT molecular complexity index is 2940. The van der Waals surface area contributed by atoms with E-state index in [0.29, 0.717) is 68.5 Å². The number of fused-ring (bicyclic) bond motifs is 8. The summed E-state index contributed by atoms with van der Waals surface area (Å²) in [5.41, 5.74) is 6.99. The Morgan fingerprint density at radius 2 is 1.28 bits per heavy atom. The highest BCUT2D eigenvalue weighted by atomic mass is 35.5. The van der Waals surface area contributed by atoms with Gasteiger partial charge in [0.2, 0.25) is 0 Å². The lowest BCUT2D eigenvalue weighted by Gasteiger charge is -2.38. The number of ether oxygens (including phenoxy) is 2. The number of hydrogen-bond donors (Lipinski definition) is 2. The molecule has 0 saturated carbocycles. The molecular formula is C52H42Cl4N4O3S. The predicted molar refractivity (Wildman–Crippen MR) is 261 cm³/mol. The molecule has 0 bridgehead atoms. The normalized spacial score (nSPS) is 17.7. The topological polar surface area (TPSA) is 107 Å². The third-order valence-electron chi connectivity index (χ3n) is 12.3. The van der Waals surface area contributed by atoms with Gasteiger partial charge in [-0.3, -0.25) is 0 Å². The van der Waals surface area contributed by atoms with Crippen molar-refractivity contribution in [1.29, 1.82) is 10.5 Å². The first-order valence-corrected chi connectivity index (χ1v) is 24.0. The zero-order chi connectivity index (χ0) is 44.7. The van der Waals surface area contributed by atoms with E-state index in [-0.39, 0.29) is 31.2 Å². The van der Waals surface area contributed by atoms with Gasteiger partial charge in [-0.1, -0.05) is 147 Å². The molecule has 0 fully saturated rings. The fourth-order valence-corrected chi connectivity index (χ4v) is 11.2. The third-order valence-corrected chi connectivity index (χ3v) is 15.2. The van der Waals surface area contributed by atoms with Crippen molar-refractivity contribution in [3.63, 3.8) is 0 Å². The highest BCUT2D eigenvalue weighted by Gasteiger charge is 2.57. The average Bonchev–Trinajstić information content (AvgIpc) is 3.88. The summed E-state index contributed by atoms with van der Waals surface area (Å²) < 4.78 is 13.7. The lowest BCUT2D eigenvalue weighted by molar-refractivity contribution is 0.0224. The molecule has 12 heteroatoms. The van der Waals surface area contributed by atoms with E-state index in [4.69, 9.17) is 55.9 Å². The van der Waals surface area contributed by atoms with Crippen LogP contribution in [0.15, 0.2) is 94.5 Å². The van der Waals surface area contributed by atoms with Gasteiger partial charge in [0, 0.05) is 38.4 Å². The van der Waals surface area contributed by atoms with Crippen LogP contribution in [0.2, 0.25) is 20.1 Å². The second-order valence-electron chi connectivity index (χ2n) is 16.3. The summed E-state index contributed by atoms with van der Waals surface area (Å²) in [6.07, 6.45) is 13.0. The van der Waals surface area contributed by atoms with E-state index in [0.717, 1.165) is 84.3 Å². The molecule has 1 atom stereocenters. The number of nitrogens with zero attached hydrogens (tertiary/aromatic N) is 2. The molecule has 0 aromatic heterocycles. The number of carbonyl (C=O) groups excluding carboxylic acids is 1. The van der Waals surface area contributed by atoms with Gasteiger partial charge in [-0.2, -0.15) is 10.5 Å². The fraction of sp³-hybridized carbons (Fsp3) is 0.250. The average molecular weight is 945 g/mol. The molecule has 9 rings (SSSR count). The van der Waals surface area contributed by atoms with Gasteiger partial charge >= 0.3 is 5.97 Å². The minimum absolute atomic E-state index is 0.0143. The highest BCUT2D eigenvalue weighted by molar-refractivity contribution is 8.04. The monoisotopic (exact) mass is 942 g/mol. The number of para-hydroxylation sites is 2. The Hall–Kier alpha value is -5.32. The van der Waals surface area contributed by atoms with E-state index in [1.54, 1.807) is 0 Å². The maximum absolute atomic E-state index is 14.4. The van der Waals surface area contributed by atoms with E-state index in [1.807, 2.05) is 84.9 Å². The number of nitrogens with one attached hydrogen (secondary N) is 2. The molecule has 0 saturated heterocycles. The van der Waals surface area contributed by atoms with E-state index in [9.17, 15) is 15.3 Å². The molecule has 7 nitrogen and oxygen atoms in total. The van der Waals surface area contributed by atoms with Crippen molar-refractivity contribution in [1.82, 2.24) is 0 Å². The molecule has 0 aliphatic carbocycles.